The number of hydrogen-bond donors (Lipinski definition) is 1. The Labute approximate surface area is 67.8 Å². The zero-order chi connectivity index (χ0) is 8.27. The van der Waals surface area contributed by atoms with Crippen LogP contribution in [0.1, 0.15) is 12.1 Å². The Morgan fingerprint density at radius 3 is 3.00 bits per heavy atom. The smallest absolute Gasteiger partial charge is 0.303 e. The minimum atomic E-state index is -0.857. The molecular weight excluding hydrogens is 170 g/mol. The minimum Gasteiger partial charge on any atom is -0.481 e. The van der Waals surface area contributed by atoms with Gasteiger partial charge in [-0.1, -0.05) is 5.16 Å². The van der Waals surface area contributed by atoms with Gasteiger partial charge in [0.15, 0.2) is 0 Å². The number of aromatic nitrogens is 1. The number of carboxylic acids is 1. The first-order valence-corrected chi connectivity index (χ1v) is 3.39. The average molecular weight is 176 g/mol. The highest BCUT2D eigenvalue weighted by molar-refractivity contribution is 6.28. The monoisotopic (exact) mass is 175 g/mol. The van der Waals surface area contributed by atoms with E-state index in [2.05, 4.69) is 9.68 Å². The van der Waals surface area contributed by atoms with Gasteiger partial charge in [-0.05, 0) is 11.6 Å². The fraction of sp³-hybridized carbons (Fsp3) is 0.333. The lowest BCUT2D eigenvalue weighted by atomic mass is 10.2. The standard InChI is InChI=1S/C6H6ClNO3/c7-5-3-4(8-11-5)1-2-6(9)10/h3H,1-2H2,(H,9,10). The average Bonchev–Trinajstić information content (AvgIpc) is 2.31. The summed E-state index contributed by atoms with van der Waals surface area (Å²) in [6, 6.07) is 1.50. The molecule has 0 unspecified atom stereocenters. The van der Waals surface area contributed by atoms with E-state index in [1.54, 1.807) is 0 Å². The van der Waals surface area contributed by atoms with E-state index in [4.69, 9.17) is 16.7 Å². The molecule has 0 aliphatic carbocycles. The summed E-state index contributed by atoms with van der Waals surface area (Å²) in [6.45, 7) is 0. The van der Waals surface area contributed by atoms with Gasteiger partial charge >= 0.3 is 5.97 Å². The van der Waals surface area contributed by atoms with E-state index in [1.807, 2.05) is 0 Å². The molecule has 1 N–H and O–H groups in total. The largest absolute Gasteiger partial charge is 0.481 e. The molecule has 1 heterocycles. The van der Waals surface area contributed by atoms with Crippen molar-refractivity contribution in [3.8, 4) is 0 Å². The Balaban J connectivity index is 2.45. The predicted molar refractivity (Wildman–Crippen MR) is 37.5 cm³/mol. The van der Waals surface area contributed by atoms with Crippen LogP contribution in [0.25, 0.3) is 0 Å². The van der Waals surface area contributed by atoms with Crippen molar-refractivity contribution in [3.63, 3.8) is 0 Å². The summed E-state index contributed by atoms with van der Waals surface area (Å²) in [4.78, 5) is 10.1. The fourth-order valence-corrected chi connectivity index (χ4v) is 0.799. The number of hydrogen-bond acceptors (Lipinski definition) is 3. The molecule has 4 nitrogen and oxygen atoms in total. The van der Waals surface area contributed by atoms with Crippen LogP contribution in [0.4, 0.5) is 0 Å². The molecule has 0 aliphatic rings. The second kappa shape index (κ2) is 3.39. The molecule has 1 aromatic rings. The van der Waals surface area contributed by atoms with E-state index in [1.165, 1.54) is 6.07 Å². The maximum Gasteiger partial charge on any atom is 0.303 e. The van der Waals surface area contributed by atoms with Gasteiger partial charge < -0.3 is 9.63 Å². The molecule has 0 aromatic carbocycles. The van der Waals surface area contributed by atoms with Gasteiger partial charge in [0.2, 0.25) is 5.22 Å². The molecule has 5 heteroatoms. The molecule has 0 saturated heterocycles. The van der Waals surface area contributed by atoms with Crippen LogP contribution in [-0.4, -0.2) is 16.2 Å². The summed E-state index contributed by atoms with van der Waals surface area (Å²) in [5.74, 6) is -0.857. The summed E-state index contributed by atoms with van der Waals surface area (Å²) >= 11 is 5.40. The van der Waals surface area contributed by atoms with E-state index in [9.17, 15) is 4.79 Å². The van der Waals surface area contributed by atoms with Crippen LogP contribution >= 0.6 is 11.6 Å². The molecule has 0 amide bonds. The van der Waals surface area contributed by atoms with Crippen LogP contribution in [0.3, 0.4) is 0 Å². The zero-order valence-electron chi connectivity index (χ0n) is 5.58. The molecule has 0 spiro atoms. The Bertz CT molecular complexity index is 258. The van der Waals surface area contributed by atoms with E-state index >= 15 is 0 Å². The molecule has 1 rings (SSSR count). The summed E-state index contributed by atoms with van der Waals surface area (Å²) < 4.78 is 4.52. The quantitative estimate of drug-likeness (QED) is 0.753. The van der Waals surface area contributed by atoms with Crippen molar-refractivity contribution in [1.82, 2.24) is 5.16 Å². The molecule has 0 aliphatic heterocycles. The Kier molecular flexibility index (Phi) is 2.48. The summed E-state index contributed by atoms with van der Waals surface area (Å²) in [6.07, 6.45) is 0.397. The van der Waals surface area contributed by atoms with Crippen LogP contribution in [0.15, 0.2) is 10.6 Å². The van der Waals surface area contributed by atoms with Crippen LogP contribution in [0.5, 0.6) is 0 Å². The topological polar surface area (TPSA) is 63.3 Å². The second-order valence-corrected chi connectivity index (χ2v) is 2.39. The summed E-state index contributed by atoms with van der Waals surface area (Å²) in [5.41, 5.74) is 0.567. The SMILES string of the molecule is O=C(O)CCc1cc(Cl)on1. The first-order valence-electron chi connectivity index (χ1n) is 3.01. The molecule has 0 saturated carbocycles. The molecule has 0 fully saturated rings. The Morgan fingerprint density at radius 1 is 1.82 bits per heavy atom. The molecule has 11 heavy (non-hydrogen) atoms. The lowest BCUT2D eigenvalue weighted by Gasteiger charge is -1.87. The molecule has 0 atom stereocenters. The summed E-state index contributed by atoms with van der Waals surface area (Å²) in [5, 5.41) is 12.0. The highest BCUT2D eigenvalue weighted by atomic mass is 35.5. The number of aryl methyl sites for hydroxylation is 1. The number of nitrogens with zero attached hydrogens (tertiary/aromatic N) is 1. The van der Waals surface area contributed by atoms with Crippen molar-refractivity contribution in [2.24, 2.45) is 0 Å². The number of rotatable bonds is 3. The van der Waals surface area contributed by atoms with Gasteiger partial charge in [-0.15, -0.1) is 0 Å². The van der Waals surface area contributed by atoms with Gasteiger partial charge in [-0.25, -0.2) is 0 Å². The van der Waals surface area contributed by atoms with E-state index in [0.717, 1.165) is 0 Å². The molecule has 60 valence electrons. The molecule has 0 bridgehead atoms. The predicted octanol–water partition coefficient (Wildman–Crippen LogP) is 1.35. The normalized spacial score (nSPS) is 9.91. The summed E-state index contributed by atoms with van der Waals surface area (Å²) in [7, 11) is 0. The number of carbonyl (C=O) groups is 1. The first kappa shape index (κ1) is 8.07. The van der Waals surface area contributed by atoms with Gasteiger partial charge in [0.05, 0.1) is 12.1 Å². The third-order valence-corrected chi connectivity index (χ3v) is 1.30. The highest BCUT2D eigenvalue weighted by Crippen LogP contribution is 2.10. The van der Waals surface area contributed by atoms with Crippen molar-refractivity contribution < 1.29 is 14.4 Å². The van der Waals surface area contributed by atoms with Crippen molar-refractivity contribution in [3.05, 3.63) is 17.0 Å². The first-order chi connectivity index (χ1) is 5.18. The van der Waals surface area contributed by atoms with Crippen LogP contribution in [-0.2, 0) is 11.2 Å². The lowest BCUT2D eigenvalue weighted by molar-refractivity contribution is -0.136. The zero-order valence-corrected chi connectivity index (χ0v) is 6.34. The Morgan fingerprint density at radius 2 is 2.55 bits per heavy atom. The molecular formula is C6H6ClNO3. The van der Waals surface area contributed by atoms with Crippen LogP contribution < -0.4 is 0 Å². The van der Waals surface area contributed by atoms with Crippen LogP contribution in [0, 0.1) is 0 Å². The van der Waals surface area contributed by atoms with Crippen molar-refractivity contribution in [1.29, 1.82) is 0 Å². The highest BCUT2D eigenvalue weighted by Gasteiger charge is 2.03. The van der Waals surface area contributed by atoms with Gasteiger partial charge in [0.1, 0.15) is 0 Å². The molecule has 1 aromatic heterocycles. The number of halogens is 1. The third kappa shape index (κ3) is 2.59. The fourth-order valence-electron chi connectivity index (χ4n) is 0.639. The molecule has 0 radical (unpaired) electrons. The van der Waals surface area contributed by atoms with E-state index < -0.39 is 5.97 Å². The van der Waals surface area contributed by atoms with Crippen molar-refractivity contribution >= 4 is 17.6 Å². The number of carboxylic acid groups (broad SMARTS) is 1. The minimum absolute atomic E-state index is 0.0445. The van der Waals surface area contributed by atoms with E-state index in [0.29, 0.717) is 12.1 Å². The maximum absolute atomic E-state index is 10.1. The number of aliphatic carboxylic acids is 1. The van der Waals surface area contributed by atoms with Crippen molar-refractivity contribution in [2.45, 2.75) is 12.8 Å². The third-order valence-electron chi connectivity index (χ3n) is 1.13. The van der Waals surface area contributed by atoms with Gasteiger partial charge in [0, 0.05) is 12.5 Å². The Hall–Kier alpha value is -1.03. The maximum atomic E-state index is 10.1. The van der Waals surface area contributed by atoms with Crippen molar-refractivity contribution in [2.75, 3.05) is 0 Å². The van der Waals surface area contributed by atoms with E-state index in [-0.39, 0.29) is 11.6 Å². The van der Waals surface area contributed by atoms with Gasteiger partial charge in [-0.2, -0.15) is 0 Å². The van der Waals surface area contributed by atoms with Gasteiger partial charge in [-0.3, -0.25) is 4.79 Å². The second-order valence-electron chi connectivity index (χ2n) is 2.02. The van der Waals surface area contributed by atoms with Gasteiger partial charge in [0.25, 0.3) is 0 Å². The van der Waals surface area contributed by atoms with Crippen LogP contribution in [0.2, 0.25) is 5.22 Å². The lowest BCUT2D eigenvalue weighted by Crippen LogP contribution is -1.97.